The lowest BCUT2D eigenvalue weighted by molar-refractivity contribution is 0.162. The van der Waals surface area contributed by atoms with Crippen molar-refractivity contribution in [2.24, 2.45) is 0 Å². The second-order valence-electron chi connectivity index (χ2n) is 6.84. The maximum absolute atomic E-state index is 5.69. The van der Waals surface area contributed by atoms with Crippen molar-refractivity contribution < 1.29 is 4.74 Å². The van der Waals surface area contributed by atoms with Crippen LogP contribution in [0, 0.1) is 0 Å². The van der Waals surface area contributed by atoms with Gasteiger partial charge in [-0.3, -0.25) is 4.90 Å². The molecule has 0 amide bonds. The summed E-state index contributed by atoms with van der Waals surface area (Å²) in [6, 6.07) is 7.51. The van der Waals surface area contributed by atoms with Crippen LogP contribution < -0.4 is 4.74 Å². The number of rotatable bonds is 3. The summed E-state index contributed by atoms with van der Waals surface area (Å²) >= 11 is 1.92. The second-order valence-corrected chi connectivity index (χ2v) is 7.84. The van der Waals surface area contributed by atoms with Crippen LogP contribution in [0.4, 0.5) is 0 Å². The molecule has 0 N–H and O–H groups in total. The molecule has 1 unspecified atom stereocenters. The summed E-state index contributed by atoms with van der Waals surface area (Å²) in [6.07, 6.45) is 3.85. The molecule has 3 heterocycles. The molecule has 23 heavy (non-hydrogen) atoms. The molecule has 0 aliphatic carbocycles. The predicted octanol–water partition coefficient (Wildman–Crippen LogP) is 5.05. The van der Waals surface area contributed by atoms with Gasteiger partial charge in [-0.05, 0) is 58.5 Å². The number of ether oxygens (including phenoxy) is 1. The van der Waals surface area contributed by atoms with Gasteiger partial charge in [0, 0.05) is 24.0 Å². The molecule has 2 aliphatic rings. The van der Waals surface area contributed by atoms with Crippen LogP contribution in [-0.2, 0) is 19.4 Å². The Labute approximate surface area is 142 Å². The summed E-state index contributed by atoms with van der Waals surface area (Å²) in [4.78, 5) is 4.22. The van der Waals surface area contributed by atoms with Crippen molar-refractivity contribution in [1.82, 2.24) is 4.90 Å². The molecule has 2 aliphatic heterocycles. The third kappa shape index (κ3) is 2.52. The molecule has 4 rings (SSSR count). The summed E-state index contributed by atoms with van der Waals surface area (Å²) in [5, 5.41) is 2.25. The average Bonchev–Trinajstić information content (AvgIpc) is 3.01. The van der Waals surface area contributed by atoms with Crippen molar-refractivity contribution in [2.45, 2.75) is 45.2 Å². The zero-order chi connectivity index (χ0) is 16.0. The molecule has 0 spiro atoms. The lowest BCUT2D eigenvalue weighted by Gasteiger charge is -2.40. The van der Waals surface area contributed by atoms with Gasteiger partial charge in [-0.15, -0.1) is 11.3 Å². The molecule has 1 aromatic heterocycles. The van der Waals surface area contributed by atoms with Crippen molar-refractivity contribution in [1.29, 1.82) is 0 Å². The molecule has 0 saturated heterocycles. The van der Waals surface area contributed by atoms with Crippen LogP contribution in [0.2, 0.25) is 0 Å². The minimum absolute atomic E-state index is 0.455. The summed E-state index contributed by atoms with van der Waals surface area (Å²) in [5.41, 5.74) is 5.76. The second kappa shape index (κ2) is 5.81. The fourth-order valence-electron chi connectivity index (χ4n) is 3.97. The zero-order valence-corrected chi connectivity index (χ0v) is 14.7. The number of nitrogens with zero attached hydrogens (tertiary/aromatic N) is 1. The zero-order valence-electron chi connectivity index (χ0n) is 13.8. The van der Waals surface area contributed by atoms with Gasteiger partial charge in [0.05, 0.1) is 6.26 Å². The number of thiophene rings is 1. The van der Waals surface area contributed by atoms with Gasteiger partial charge in [0.15, 0.2) is 0 Å². The quantitative estimate of drug-likeness (QED) is 0.732. The Morgan fingerprint density at radius 3 is 3.00 bits per heavy atom. The van der Waals surface area contributed by atoms with Crippen LogP contribution in [0.25, 0.3) is 0 Å². The summed E-state index contributed by atoms with van der Waals surface area (Å²) in [5.74, 6) is 1.43. The molecule has 1 atom stereocenters. The smallest absolute Gasteiger partial charge is 0.130 e. The van der Waals surface area contributed by atoms with Gasteiger partial charge in [-0.2, -0.15) is 0 Å². The summed E-state index contributed by atoms with van der Waals surface area (Å²) < 4.78 is 5.69. The maximum atomic E-state index is 5.69. The fourth-order valence-corrected chi connectivity index (χ4v) is 4.90. The molecular weight excluding hydrogens is 302 g/mol. The van der Waals surface area contributed by atoms with Crippen molar-refractivity contribution in [3.63, 3.8) is 0 Å². The van der Waals surface area contributed by atoms with Gasteiger partial charge in [0.1, 0.15) is 5.75 Å². The SMILES string of the molecule is C=COc1cc2c(cc1C(C)C)CC1c3ccsc3CCN1C2. The largest absolute Gasteiger partial charge is 0.465 e. The van der Waals surface area contributed by atoms with Crippen molar-refractivity contribution in [3.8, 4) is 5.75 Å². The fraction of sp³-hybridized carbons (Fsp3) is 0.400. The molecule has 120 valence electrons. The molecule has 0 bridgehead atoms. The highest BCUT2D eigenvalue weighted by Gasteiger charge is 2.33. The highest BCUT2D eigenvalue weighted by atomic mass is 32.1. The van der Waals surface area contributed by atoms with Crippen LogP contribution >= 0.6 is 11.3 Å². The minimum atomic E-state index is 0.455. The summed E-state index contributed by atoms with van der Waals surface area (Å²) in [7, 11) is 0. The van der Waals surface area contributed by atoms with E-state index in [9.17, 15) is 0 Å². The van der Waals surface area contributed by atoms with E-state index in [1.54, 1.807) is 10.4 Å². The normalized spacial score (nSPS) is 19.9. The van der Waals surface area contributed by atoms with Crippen LogP contribution in [0.15, 0.2) is 36.4 Å². The molecule has 2 aromatic rings. The van der Waals surface area contributed by atoms with Gasteiger partial charge in [-0.25, -0.2) is 0 Å². The summed E-state index contributed by atoms with van der Waals surface area (Å²) in [6.45, 7) is 10.4. The molecule has 2 nitrogen and oxygen atoms in total. The lowest BCUT2D eigenvalue weighted by Crippen LogP contribution is -2.38. The first kappa shape index (κ1) is 15.0. The van der Waals surface area contributed by atoms with E-state index < -0.39 is 0 Å². The van der Waals surface area contributed by atoms with E-state index in [4.69, 9.17) is 4.74 Å². The van der Waals surface area contributed by atoms with Crippen LogP contribution in [-0.4, -0.2) is 11.4 Å². The van der Waals surface area contributed by atoms with Gasteiger partial charge in [0.2, 0.25) is 0 Å². The van der Waals surface area contributed by atoms with E-state index in [0.29, 0.717) is 12.0 Å². The van der Waals surface area contributed by atoms with E-state index in [1.807, 2.05) is 11.3 Å². The molecule has 0 saturated carbocycles. The molecule has 0 fully saturated rings. The highest BCUT2D eigenvalue weighted by molar-refractivity contribution is 7.10. The van der Waals surface area contributed by atoms with Crippen molar-refractivity contribution >= 4 is 11.3 Å². The Kier molecular flexibility index (Phi) is 3.78. The van der Waals surface area contributed by atoms with Crippen molar-refractivity contribution in [2.75, 3.05) is 6.54 Å². The number of hydrogen-bond acceptors (Lipinski definition) is 3. The highest BCUT2D eigenvalue weighted by Crippen LogP contribution is 2.42. The van der Waals surface area contributed by atoms with Crippen LogP contribution in [0.3, 0.4) is 0 Å². The monoisotopic (exact) mass is 325 g/mol. The van der Waals surface area contributed by atoms with Crippen LogP contribution in [0.5, 0.6) is 5.75 Å². The van der Waals surface area contributed by atoms with Gasteiger partial charge < -0.3 is 4.74 Å². The lowest BCUT2D eigenvalue weighted by atomic mass is 9.85. The Morgan fingerprint density at radius 2 is 2.22 bits per heavy atom. The van der Waals surface area contributed by atoms with Crippen molar-refractivity contribution in [3.05, 3.63) is 63.6 Å². The molecule has 3 heteroatoms. The number of benzene rings is 1. The Hall–Kier alpha value is -1.58. The third-order valence-corrected chi connectivity index (χ3v) is 6.15. The topological polar surface area (TPSA) is 12.5 Å². The Morgan fingerprint density at radius 1 is 1.35 bits per heavy atom. The van der Waals surface area contributed by atoms with E-state index in [0.717, 1.165) is 18.7 Å². The van der Waals surface area contributed by atoms with Gasteiger partial charge in [-0.1, -0.05) is 26.5 Å². The van der Waals surface area contributed by atoms with E-state index in [1.165, 1.54) is 35.9 Å². The Balaban J connectivity index is 1.75. The van der Waals surface area contributed by atoms with Gasteiger partial charge >= 0.3 is 0 Å². The first-order valence-corrected chi connectivity index (χ1v) is 9.29. The molecular formula is C20H23NOS. The average molecular weight is 325 g/mol. The van der Waals surface area contributed by atoms with E-state index >= 15 is 0 Å². The first-order valence-electron chi connectivity index (χ1n) is 8.41. The Bertz CT molecular complexity index is 746. The van der Waals surface area contributed by atoms with E-state index in [-0.39, 0.29) is 0 Å². The van der Waals surface area contributed by atoms with E-state index in [2.05, 4.69) is 48.9 Å². The molecule has 0 radical (unpaired) electrons. The third-order valence-electron chi connectivity index (χ3n) is 5.16. The number of fused-ring (bicyclic) bond motifs is 4. The standard InChI is InChI=1S/C20H23NOS/c1-4-22-19-11-15-12-21-7-5-20-16(6-8-23-20)18(21)10-14(15)9-17(19)13(2)3/h4,6,8-9,11,13,18H,1,5,7,10,12H2,2-3H3. The number of hydrogen-bond donors (Lipinski definition) is 0. The minimum Gasteiger partial charge on any atom is -0.465 e. The predicted molar refractivity (Wildman–Crippen MR) is 96.2 cm³/mol. The van der Waals surface area contributed by atoms with Crippen LogP contribution in [0.1, 0.15) is 52.9 Å². The first-order chi connectivity index (χ1) is 11.2. The molecule has 1 aromatic carbocycles. The maximum Gasteiger partial charge on any atom is 0.130 e. The van der Waals surface area contributed by atoms with Gasteiger partial charge in [0.25, 0.3) is 0 Å².